The Labute approximate surface area is 156 Å². The number of ketones is 1. The number of aromatic hydroxyl groups is 2. The van der Waals surface area contributed by atoms with Crippen LogP contribution in [0.2, 0.25) is 0 Å². The van der Waals surface area contributed by atoms with E-state index >= 15 is 0 Å². The number of aliphatic hydroxyl groups is 1. The predicted octanol–water partition coefficient (Wildman–Crippen LogP) is 2.54. The first-order valence-corrected chi connectivity index (χ1v) is 8.12. The first kappa shape index (κ1) is 20.0. The highest BCUT2D eigenvalue weighted by molar-refractivity contribution is 6.12. The monoisotopic (exact) mass is 372 g/mol. The number of aliphatic hydroxyl groups excluding tert-OH is 1. The summed E-state index contributed by atoms with van der Waals surface area (Å²) < 4.78 is 10.1. The molecule has 0 amide bonds. The molecule has 27 heavy (non-hydrogen) atoms. The van der Waals surface area contributed by atoms with E-state index in [0.29, 0.717) is 0 Å². The summed E-state index contributed by atoms with van der Waals surface area (Å²) in [6.07, 6.45) is -1.33. The van der Waals surface area contributed by atoms with Crippen LogP contribution < -0.4 is 4.74 Å². The summed E-state index contributed by atoms with van der Waals surface area (Å²) in [6, 6.07) is 10.1. The number of benzene rings is 2. The molecule has 0 saturated heterocycles. The smallest absolute Gasteiger partial charge is 0.335 e. The van der Waals surface area contributed by atoms with Crippen LogP contribution in [0.25, 0.3) is 0 Å². The molecule has 7 nitrogen and oxygen atoms in total. The van der Waals surface area contributed by atoms with Crippen LogP contribution in [0.3, 0.4) is 0 Å². The quantitative estimate of drug-likeness (QED) is 0.282. The van der Waals surface area contributed by atoms with Gasteiger partial charge in [0, 0.05) is 18.1 Å². The van der Waals surface area contributed by atoms with E-state index in [0.717, 1.165) is 0 Å². The first-order valence-electron chi connectivity index (χ1n) is 8.12. The zero-order valence-electron chi connectivity index (χ0n) is 14.7. The Kier molecular flexibility index (Phi) is 6.56. The minimum Gasteiger partial charge on any atom is -0.507 e. The van der Waals surface area contributed by atoms with Gasteiger partial charge in [0.15, 0.2) is 5.78 Å². The Morgan fingerprint density at radius 2 is 1.74 bits per heavy atom. The number of carbonyl (C=O) groups excluding carboxylic acids is 2. The van der Waals surface area contributed by atoms with Crippen molar-refractivity contribution in [3.8, 4) is 17.2 Å². The molecule has 2 aromatic rings. The zero-order chi connectivity index (χ0) is 20.0. The molecule has 0 heterocycles. The zero-order valence-corrected chi connectivity index (χ0v) is 14.7. The molecule has 0 radical (unpaired) electrons. The van der Waals surface area contributed by atoms with Crippen molar-refractivity contribution in [2.24, 2.45) is 0 Å². The van der Waals surface area contributed by atoms with Crippen molar-refractivity contribution in [3.63, 3.8) is 0 Å². The van der Waals surface area contributed by atoms with Crippen LogP contribution in [0, 0.1) is 0 Å². The number of para-hydroxylation sites is 1. The van der Waals surface area contributed by atoms with E-state index in [4.69, 9.17) is 9.47 Å². The van der Waals surface area contributed by atoms with Crippen LogP contribution in [-0.2, 0) is 9.53 Å². The van der Waals surface area contributed by atoms with Crippen LogP contribution in [0.5, 0.6) is 17.2 Å². The summed E-state index contributed by atoms with van der Waals surface area (Å²) in [5, 5.41) is 29.4. The van der Waals surface area contributed by atoms with Gasteiger partial charge in [-0.1, -0.05) is 18.7 Å². The largest absolute Gasteiger partial charge is 0.507 e. The van der Waals surface area contributed by atoms with Gasteiger partial charge in [-0.05, 0) is 31.2 Å². The van der Waals surface area contributed by atoms with E-state index in [1.807, 2.05) is 0 Å². The molecule has 0 saturated carbocycles. The van der Waals surface area contributed by atoms with Crippen LogP contribution in [-0.4, -0.2) is 40.0 Å². The third-order valence-electron chi connectivity index (χ3n) is 3.59. The van der Waals surface area contributed by atoms with Crippen molar-refractivity contribution in [1.29, 1.82) is 0 Å². The third kappa shape index (κ3) is 5.32. The second-order valence-electron chi connectivity index (χ2n) is 5.80. The fourth-order valence-electron chi connectivity index (χ4n) is 2.16. The normalized spacial score (nSPS) is 11.5. The fourth-order valence-corrected chi connectivity index (χ4v) is 2.16. The average molecular weight is 372 g/mol. The average Bonchev–Trinajstić information content (AvgIpc) is 2.61. The van der Waals surface area contributed by atoms with Gasteiger partial charge in [0.2, 0.25) is 6.29 Å². The highest BCUT2D eigenvalue weighted by Crippen LogP contribution is 2.28. The van der Waals surface area contributed by atoms with Gasteiger partial charge in [-0.15, -0.1) is 0 Å². The van der Waals surface area contributed by atoms with Crippen LogP contribution in [0.15, 0.2) is 54.6 Å². The third-order valence-corrected chi connectivity index (χ3v) is 3.59. The lowest BCUT2D eigenvalue weighted by Gasteiger charge is -2.13. The van der Waals surface area contributed by atoms with E-state index < -0.39 is 18.0 Å². The molecule has 1 atom stereocenters. The Bertz CT molecular complexity index is 857. The van der Waals surface area contributed by atoms with Gasteiger partial charge in [0.1, 0.15) is 17.2 Å². The molecule has 0 aromatic heterocycles. The molecular formula is C20H20O7. The van der Waals surface area contributed by atoms with Crippen LogP contribution in [0.1, 0.15) is 29.3 Å². The highest BCUT2D eigenvalue weighted by Gasteiger charge is 2.17. The molecule has 2 aromatic carbocycles. The van der Waals surface area contributed by atoms with Gasteiger partial charge in [-0.3, -0.25) is 4.79 Å². The molecule has 7 heteroatoms. The van der Waals surface area contributed by atoms with E-state index in [1.54, 1.807) is 12.1 Å². The minimum atomic E-state index is -1.34. The lowest BCUT2D eigenvalue weighted by molar-refractivity contribution is -0.164. The number of hydrogen-bond donors (Lipinski definition) is 3. The Balaban J connectivity index is 1.97. The second kappa shape index (κ2) is 8.86. The summed E-state index contributed by atoms with van der Waals surface area (Å²) >= 11 is 0. The molecule has 0 aliphatic carbocycles. The SMILES string of the molecule is C=C(C)C(=O)OC(O)CCOc1ccc(C(=O)c2ccccc2O)c(O)c1. The van der Waals surface area contributed by atoms with E-state index in [-0.39, 0.29) is 47.0 Å². The molecule has 0 fully saturated rings. The van der Waals surface area contributed by atoms with Gasteiger partial charge < -0.3 is 24.8 Å². The highest BCUT2D eigenvalue weighted by atomic mass is 16.6. The van der Waals surface area contributed by atoms with Crippen molar-refractivity contribution in [1.82, 2.24) is 0 Å². The number of hydrogen-bond acceptors (Lipinski definition) is 7. The summed E-state index contributed by atoms with van der Waals surface area (Å²) in [6.45, 7) is 4.88. The van der Waals surface area contributed by atoms with Crippen molar-refractivity contribution in [3.05, 3.63) is 65.7 Å². The maximum atomic E-state index is 12.4. The van der Waals surface area contributed by atoms with Crippen molar-refractivity contribution >= 4 is 11.8 Å². The number of carbonyl (C=O) groups is 2. The van der Waals surface area contributed by atoms with E-state index in [9.17, 15) is 24.9 Å². The van der Waals surface area contributed by atoms with Gasteiger partial charge in [-0.2, -0.15) is 0 Å². The summed E-state index contributed by atoms with van der Waals surface area (Å²) in [4.78, 5) is 23.7. The molecule has 0 aliphatic rings. The van der Waals surface area contributed by atoms with E-state index in [2.05, 4.69) is 6.58 Å². The number of phenolic OH excluding ortho intramolecular Hbond substituents is 2. The number of esters is 1. The fraction of sp³-hybridized carbons (Fsp3) is 0.200. The Morgan fingerprint density at radius 3 is 2.37 bits per heavy atom. The molecule has 142 valence electrons. The molecule has 3 N–H and O–H groups in total. The van der Waals surface area contributed by atoms with Gasteiger partial charge >= 0.3 is 5.97 Å². The van der Waals surface area contributed by atoms with Gasteiger partial charge in [0.25, 0.3) is 0 Å². The maximum Gasteiger partial charge on any atom is 0.335 e. The summed E-state index contributed by atoms with van der Waals surface area (Å²) in [7, 11) is 0. The molecule has 0 aliphatic heterocycles. The van der Waals surface area contributed by atoms with Crippen LogP contribution >= 0.6 is 0 Å². The van der Waals surface area contributed by atoms with Crippen molar-refractivity contribution in [2.75, 3.05) is 6.61 Å². The van der Waals surface area contributed by atoms with Gasteiger partial charge in [-0.25, -0.2) is 4.79 Å². The lowest BCUT2D eigenvalue weighted by Crippen LogP contribution is -2.20. The van der Waals surface area contributed by atoms with Crippen molar-refractivity contribution in [2.45, 2.75) is 19.6 Å². The molecule has 1 unspecified atom stereocenters. The standard InChI is InChI=1S/C20H20O7/c1-12(2)20(25)27-18(23)9-10-26-13-7-8-15(17(22)11-13)19(24)14-5-3-4-6-16(14)21/h3-8,11,18,21-23H,1,9-10H2,2H3. The number of rotatable bonds is 8. The number of phenols is 2. The Hall–Kier alpha value is -3.32. The van der Waals surface area contributed by atoms with E-state index in [1.165, 1.54) is 37.3 Å². The molecular weight excluding hydrogens is 352 g/mol. The molecule has 2 rings (SSSR count). The summed E-state index contributed by atoms with van der Waals surface area (Å²) in [5.41, 5.74) is 0.257. The summed E-state index contributed by atoms with van der Waals surface area (Å²) in [5.74, 6) is -1.46. The topological polar surface area (TPSA) is 113 Å². The second-order valence-corrected chi connectivity index (χ2v) is 5.80. The van der Waals surface area contributed by atoms with Gasteiger partial charge in [0.05, 0.1) is 17.7 Å². The lowest BCUT2D eigenvalue weighted by atomic mass is 10.0. The van der Waals surface area contributed by atoms with Crippen LogP contribution in [0.4, 0.5) is 0 Å². The molecule has 0 bridgehead atoms. The minimum absolute atomic E-state index is 0.0108. The maximum absolute atomic E-state index is 12.4. The first-order chi connectivity index (χ1) is 12.8. The number of ether oxygens (including phenoxy) is 2. The Morgan fingerprint density at radius 1 is 1.07 bits per heavy atom. The molecule has 0 spiro atoms. The van der Waals surface area contributed by atoms with Crippen molar-refractivity contribution < 1.29 is 34.4 Å². The predicted molar refractivity (Wildman–Crippen MR) is 96.7 cm³/mol.